The minimum atomic E-state index is -0.170. The van der Waals surface area contributed by atoms with E-state index in [1.54, 1.807) is 11.1 Å². The molecule has 372 valence electrons. The highest BCUT2D eigenvalue weighted by atomic mass is 15.0. The molecule has 0 bridgehead atoms. The van der Waals surface area contributed by atoms with Gasteiger partial charge in [-0.05, 0) is 154 Å². The Balaban J connectivity index is 0.922. The van der Waals surface area contributed by atoms with Crippen LogP contribution < -0.4 is 16.4 Å². The van der Waals surface area contributed by atoms with Crippen molar-refractivity contribution in [2.24, 2.45) is 0 Å². The van der Waals surface area contributed by atoms with Crippen LogP contribution in [-0.4, -0.2) is 11.3 Å². The minimum absolute atomic E-state index is 0.0669. The molecule has 0 unspecified atom stereocenters. The van der Waals surface area contributed by atoms with Gasteiger partial charge in [-0.3, -0.25) is 0 Å². The number of unbranched alkanes of at least 4 members (excludes halogenated alkanes) is 10. The Kier molecular flexibility index (Phi) is 12.7. The molecule has 8 aromatic carbocycles. The van der Waals surface area contributed by atoms with Crippen molar-refractivity contribution in [1.82, 2.24) is 4.57 Å². The van der Waals surface area contributed by atoms with Gasteiger partial charge in [0.25, 0.3) is 0 Å². The van der Waals surface area contributed by atoms with E-state index in [-0.39, 0.29) is 17.5 Å². The number of hydrogen-bond donors (Lipinski definition) is 0. The van der Waals surface area contributed by atoms with E-state index < -0.39 is 0 Å². The predicted molar refractivity (Wildman–Crippen MR) is 321 cm³/mol. The van der Waals surface area contributed by atoms with Gasteiger partial charge < -0.3 is 4.57 Å². The molecule has 2 heteroatoms. The Morgan fingerprint density at radius 1 is 0.419 bits per heavy atom. The fourth-order valence-corrected chi connectivity index (χ4v) is 14.9. The lowest BCUT2D eigenvalue weighted by molar-refractivity contribution is 0.398. The molecule has 2 aliphatic carbocycles. The molecule has 0 atom stereocenters. The Morgan fingerprint density at radius 3 is 1.72 bits per heavy atom. The van der Waals surface area contributed by atoms with Crippen LogP contribution in [0, 0.1) is 27.7 Å². The molecule has 0 saturated carbocycles. The van der Waals surface area contributed by atoms with Crippen LogP contribution in [0.5, 0.6) is 0 Å². The molecule has 0 amide bonds. The third-order valence-electron chi connectivity index (χ3n) is 18.5. The minimum Gasteiger partial charge on any atom is -0.310 e. The normalized spacial score (nSPS) is 14.4. The number of rotatable bonds is 17. The Hall–Kier alpha value is -6.38. The molecule has 3 aliphatic rings. The fraction of sp³-hybridized carbons (Fsp3) is 0.333. The quantitative estimate of drug-likeness (QED) is 0.0633. The van der Waals surface area contributed by atoms with Crippen LogP contribution in [0.1, 0.15) is 162 Å². The number of fused-ring (bicyclic) bond motifs is 11. The van der Waals surface area contributed by atoms with Crippen molar-refractivity contribution in [2.45, 2.75) is 156 Å². The third-order valence-corrected chi connectivity index (χ3v) is 18.5. The number of hydrogen-bond acceptors (Lipinski definition) is 0. The molecule has 0 N–H and O–H groups in total. The van der Waals surface area contributed by atoms with Crippen molar-refractivity contribution in [3.05, 3.63) is 190 Å². The van der Waals surface area contributed by atoms with E-state index in [0.29, 0.717) is 0 Å². The smallest absolute Gasteiger partial charge is 0.247 e. The predicted octanol–water partition coefficient (Wildman–Crippen LogP) is 18.3. The lowest BCUT2D eigenvalue weighted by Gasteiger charge is -2.33. The Labute approximate surface area is 443 Å². The van der Waals surface area contributed by atoms with Gasteiger partial charge in [0, 0.05) is 32.8 Å². The summed E-state index contributed by atoms with van der Waals surface area (Å²) >= 11 is 0. The molecule has 2 heterocycles. The maximum Gasteiger partial charge on any atom is 0.247 e. The summed E-state index contributed by atoms with van der Waals surface area (Å²) in [5.74, 6) is 0. The summed E-state index contributed by atoms with van der Waals surface area (Å²) in [4.78, 5) is 0. The van der Waals surface area contributed by atoms with E-state index in [4.69, 9.17) is 0 Å². The highest BCUT2D eigenvalue weighted by molar-refractivity contribution is 6.98. The van der Waals surface area contributed by atoms with Gasteiger partial charge in [0.2, 0.25) is 6.71 Å². The lowest BCUT2D eigenvalue weighted by Crippen LogP contribution is -2.57. The SMILES string of the molecule is CCCCCCCCC1(CCCCCCCC)c2ccccc2-c2ccc(-c3ccc4c(c3)C(C)(C)c3cc(-c5ccc6c(c5)B(c5c(C)cc(C)cc5C)c5cccc7c8ccccc8n-6c57)c(C)cc3-4)cc21. The first kappa shape index (κ1) is 48.6. The van der Waals surface area contributed by atoms with Crippen LogP contribution in [0.4, 0.5) is 0 Å². The van der Waals surface area contributed by atoms with Crippen LogP contribution in [0.3, 0.4) is 0 Å². The highest BCUT2D eigenvalue weighted by Crippen LogP contribution is 2.56. The van der Waals surface area contributed by atoms with Crippen molar-refractivity contribution < 1.29 is 0 Å². The van der Waals surface area contributed by atoms with Crippen molar-refractivity contribution in [1.29, 1.82) is 0 Å². The number of para-hydroxylation sites is 2. The molecule has 74 heavy (non-hydrogen) atoms. The highest BCUT2D eigenvalue weighted by Gasteiger charge is 2.43. The summed E-state index contributed by atoms with van der Waals surface area (Å²) < 4.78 is 2.56. The van der Waals surface area contributed by atoms with Gasteiger partial charge in [-0.2, -0.15) is 0 Å². The first-order valence-corrected chi connectivity index (χ1v) is 28.8. The summed E-state index contributed by atoms with van der Waals surface area (Å²) in [6.45, 7) is 18.9. The maximum absolute atomic E-state index is 2.64. The topological polar surface area (TPSA) is 4.93 Å². The molecule has 1 nitrogen and oxygen atoms in total. The van der Waals surface area contributed by atoms with Crippen molar-refractivity contribution >= 4 is 44.9 Å². The van der Waals surface area contributed by atoms with Crippen LogP contribution in [0.25, 0.3) is 72.0 Å². The second-order valence-corrected chi connectivity index (χ2v) is 23.6. The zero-order chi connectivity index (χ0) is 50.9. The summed E-state index contributed by atoms with van der Waals surface area (Å²) in [5, 5.41) is 2.65. The summed E-state index contributed by atoms with van der Waals surface area (Å²) in [6.07, 6.45) is 18.5. The van der Waals surface area contributed by atoms with Gasteiger partial charge in [-0.25, -0.2) is 0 Å². The largest absolute Gasteiger partial charge is 0.310 e. The van der Waals surface area contributed by atoms with Gasteiger partial charge in [0.15, 0.2) is 0 Å². The average Bonchev–Trinajstić information content (AvgIpc) is 3.98. The molecular formula is C72H76BN. The van der Waals surface area contributed by atoms with Crippen molar-refractivity contribution in [3.8, 4) is 50.2 Å². The molecule has 12 rings (SSSR count). The number of benzene rings is 8. The first-order chi connectivity index (χ1) is 36.0. The molecule has 0 spiro atoms. The van der Waals surface area contributed by atoms with Gasteiger partial charge in [0.1, 0.15) is 0 Å². The summed E-state index contributed by atoms with van der Waals surface area (Å²) in [6, 6.07) is 57.7. The monoisotopic (exact) mass is 966 g/mol. The van der Waals surface area contributed by atoms with Gasteiger partial charge in [-0.15, -0.1) is 0 Å². The standard InChI is InChI=1S/C72H76BN/c1-9-11-13-15-17-23-38-72(39-24-18-16-14-12-10-2)61-29-21-19-26-54(61)55-35-32-52(44-64(55)72)51-33-36-56-60-42-48(4)59(46-63(60)71(7,8)62(56)43-51)53-34-37-68-66(45-53)73(69-49(5)40-47(3)41-50(69)6)65-30-25-28-58-57-27-20-22-31-67(57)74(68)70(58)65/h19-22,25-37,40-46H,9-18,23-24,38-39H2,1-8H3. The van der Waals surface area contributed by atoms with E-state index in [2.05, 4.69) is 206 Å². The van der Waals surface area contributed by atoms with E-state index in [0.717, 1.165) is 0 Å². The van der Waals surface area contributed by atoms with E-state index in [1.165, 1.54) is 212 Å². The summed E-state index contributed by atoms with van der Waals surface area (Å²) in [5.41, 5.74) is 30.4. The second-order valence-electron chi connectivity index (χ2n) is 23.6. The fourth-order valence-electron chi connectivity index (χ4n) is 14.9. The Morgan fingerprint density at radius 2 is 1.00 bits per heavy atom. The number of aryl methyl sites for hydroxylation is 4. The zero-order valence-corrected chi connectivity index (χ0v) is 45.8. The summed E-state index contributed by atoms with van der Waals surface area (Å²) in [7, 11) is 0. The van der Waals surface area contributed by atoms with Crippen LogP contribution in [0.2, 0.25) is 0 Å². The van der Waals surface area contributed by atoms with Crippen molar-refractivity contribution in [3.63, 3.8) is 0 Å². The van der Waals surface area contributed by atoms with Crippen LogP contribution >= 0.6 is 0 Å². The zero-order valence-electron chi connectivity index (χ0n) is 45.8. The Bertz CT molecular complexity index is 3590. The number of nitrogens with zero attached hydrogens (tertiary/aromatic N) is 1. The molecule has 0 saturated heterocycles. The lowest BCUT2D eigenvalue weighted by atomic mass is 9.34. The molecular weight excluding hydrogens is 890 g/mol. The third kappa shape index (κ3) is 7.87. The molecule has 9 aromatic rings. The van der Waals surface area contributed by atoms with Gasteiger partial charge >= 0.3 is 0 Å². The van der Waals surface area contributed by atoms with Gasteiger partial charge in [0.05, 0.1) is 5.52 Å². The van der Waals surface area contributed by atoms with E-state index >= 15 is 0 Å². The van der Waals surface area contributed by atoms with Crippen LogP contribution in [-0.2, 0) is 10.8 Å². The van der Waals surface area contributed by atoms with E-state index in [9.17, 15) is 0 Å². The van der Waals surface area contributed by atoms with E-state index in [1.807, 2.05) is 0 Å². The molecule has 0 radical (unpaired) electrons. The second kappa shape index (κ2) is 19.4. The molecule has 0 fully saturated rings. The molecule has 1 aromatic heterocycles. The average molecular weight is 966 g/mol. The van der Waals surface area contributed by atoms with Crippen molar-refractivity contribution in [2.75, 3.05) is 0 Å². The number of aromatic nitrogens is 1. The van der Waals surface area contributed by atoms with Crippen LogP contribution in [0.15, 0.2) is 146 Å². The maximum atomic E-state index is 2.64. The first-order valence-electron chi connectivity index (χ1n) is 28.8. The van der Waals surface area contributed by atoms with Gasteiger partial charge in [-0.1, -0.05) is 242 Å². The molecule has 1 aliphatic heterocycles.